The van der Waals surface area contributed by atoms with Crippen LogP contribution in [0.1, 0.15) is 31.2 Å². The van der Waals surface area contributed by atoms with Gasteiger partial charge in [-0.25, -0.2) is 4.39 Å². The third-order valence-electron chi connectivity index (χ3n) is 3.61. The van der Waals surface area contributed by atoms with Crippen molar-refractivity contribution < 1.29 is 9.31 Å². The van der Waals surface area contributed by atoms with E-state index in [1.807, 2.05) is 0 Å². The predicted molar refractivity (Wildman–Crippen MR) is 71.6 cm³/mol. The van der Waals surface area contributed by atoms with Gasteiger partial charge in [-0.3, -0.25) is 10.1 Å². The Kier molecular flexibility index (Phi) is 3.99. The maximum Gasteiger partial charge on any atom is 0.295 e. The molecule has 2 rings (SSSR count). The van der Waals surface area contributed by atoms with Crippen LogP contribution < -0.4 is 11.1 Å². The highest BCUT2D eigenvalue weighted by molar-refractivity contribution is 5.63. The lowest BCUT2D eigenvalue weighted by atomic mass is 9.91. The lowest BCUT2D eigenvalue weighted by Gasteiger charge is -2.27. The van der Waals surface area contributed by atoms with E-state index < -0.39 is 10.7 Å². The normalized spacial score (nSPS) is 23.1. The molecule has 0 bridgehead atoms. The van der Waals surface area contributed by atoms with E-state index in [2.05, 4.69) is 5.32 Å². The van der Waals surface area contributed by atoms with Crippen molar-refractivity contribution in [2.24, 2.45) is 5.73 Å². The summed E-state index contributed by atoms with van der Waals surface area (Å²) < 4.78 is 13.4. The van der Waals surface area contributed by atoms with Gasteiger partial charge < -0.3 is 11.1 Å². The van der Waals surface area contributed by atoms with E-state index in [1.54, 1.807) is 6.92 Å². The molecule has 1 saturated carbocycles. The second-order valence-corrected chi connectivity index (χ2v) is 5.13. The van der Waals surface area contributed by atoms with Gasteiger partial charge in [-0.05, 0) is 44.2 Å². The SMILES string of the molecule is Cc1cc(NC2CCC(N)CC2)c([N+](=O)[O-])cc1F. The van der Waals surface area contributed by atoms with Gasteiger partial charge >= 0.3 is 0 Å². The fraction of sp³-hybridized carbons (Fsp3) is 0.538. The van der Waals surface area contributed by atoms with Crippen molar-refractivity contribution in [1.29, 1.82) is 0 Å². The van der Waals surface area contributed by atoms with Gasteiger partial charge in [0.2, 0.25) is 0 Å². The van der Waals surface area contributed by atoms with Crippen LogP contribution in [0.25, 0.3) is 0 Å². The van der Waals surface area contributed by atoms with E-state index >= 15 is 0 Å². The Labute approximate surface area is 111 Å². The number of nitro groups is 1. The monoisotopic (exact) mass is 267 g/mol. The van der Waals surface area contributed by atoms with Gasteiger partial charge in [-0.2, -0.15) is 0 Å². The summed E-state index contributed by atoms with van der Waals surface area (Å²) in [5.41, 5.74) is 6.41. The Morgan fingerprint density at radius 2 is 2.00 bits per heavy atom. The van der Waals surface area contributed by atoms with Crippen molar-refractivity contribution in [3.05, 3.63) is 33.6 Å². The number of hydrogen-bond donors (Lipinski definition) is 2. The Morgan fingerprint density at radius 1 is 1.37 bits per heavy atom. The van der Waals surface area contributed by atoms with Crippen molar-refractivity contribution in [1.82, 2.24) is 0 Å². The lowest BCUT2D eigenvalue weighted by Crippen LogP contribution is -2.33. The molecule has 104 valence electrons. The molecule has 19 heavy (non-hydrogen) atoms. The van der Waals surface area contributed by atoms with E-state index in [-0.39, 0.29) is 17.8 Å². The number of nitrogens with one attached hydrogen (secondary N) is 1. The van der Waals surface area contributed by atoms with Crippen molar-refractivity contribution in [3.63, 3.8) is 0 Å². The minimum atomic E-state index is -0.556. The third-order valence-corrected chi connectivity index (χ3v) is 3.61. The number of anilines is 1. The summed E-state index contributed by atoms with van der Waals surface area (Å²) in [7, 11) is 0. The minimum absolute atomic E-state index is 0.170. The number of hydrogen-bond acceptors (Lipinski definition) is 4. The number of nitrogens with two attached hydrogens (primary N) is 1. The topological polar surface area (TPSA) is 81.2 Å². The quantitative estimate of drug-likeness (QED) is 0.651. The molecule has 0 radical (unpaired) electrons. The third kappa shape index (κ3) is 3.20. The number of nitro benzene ring substituents is 1. The highest BCUT2D eigenvalue weighted by Crippen LogP contribution is 2.30. The van der Waals surface area contributed by atoms with E-state index in [4.69, 9.17) is 5.73 Å². The van der Waals surface area contributed by atoms with Crippen LogP contribution in [0.4, 0.5) is 15.8 Å². The van der Waals surface area contributed by atoms with Crippen molar-refractivity contribution >= 4 is 11.4 Å². The highest BCUT2D eigenvalue weighted by atomic mass is 19.1. The largest absolute Gasteiger partial charge is 0.377 e. The standard InChI is InChI=1S/C13H18FN3O2/c1-8-6-12(13(17(18)19)7-11(8)14)16-10-4-2-9(15)3-5-10/h6-7,9-10,16H,2-5,15H2,1H3. The molecule has 0 spiro atoms. The second-order valence-electron chi connectivity index (χ2n) is 5.13. The summed E-state index contributed by atoms with van der Waals surface area (Å²) in [5.74, 6) is -0.553. The van der Waals surface area contributed by atoms with Crippen LogP contribution in [-0.4, -0.2) is 17.0 Å². The zero-order chi connectivity index (χ0) is 14.0. The number of benzene rings is 1. The molecule has 1 fully saturated rings. The molecule has 0 aromatic heterocycles. The molecule has 1 aliphatic rings. The summed E-state index contributed by atoms with van der Waals surface area (Å²) in [4.78, 5) is 10.4. The molecule has 0 heterocycles. The minimum Gasteiger partial charge on any atom is -0.377 e. The average Bonchev–Trinajstić information content (AvgIpc) is 2.36. The van der Waals surface area contributed by atoms with Crippen molar-refractivity contribution in [2.45, 2.75) is 44.7 Å². The molecule has 0 saturated heterocycles. The van der Waals surface area contributed by atoms with Crippen LogP contribution in [0.5, 0.6) is 0 Å². The Balaban J connectivity index is 2.19. The first kappa shape index (κ1) is 13.7. The fourth-order valence-electron chi connectivity index (χ4n) is 2.42. The van der Waals surface area contributed by atoms with E-state index in [1.165, 1.54) is 6.07 Å². The smallest absolute Gasteiger partial charge is 0.295 e. The highest BCUT2D eigenvalue weighted by Gasteiger charge is 2.23. The fourth-order valence-corrected chi connectivity index (χ4v) is 2.42. The molecule has 0 unspecified atom stereocenters. The van der Waals surface area contributed by atoms with Crippen LogP contribution in [0.15, 0.2) is 12.1 Å². The van der Waals surface area contributed by atoms with Crippen LogP contribution in [0.2, 0.25) is 0 Å². The molecule has 0 amide bonds. The van der Waals surface area contributed by atoms with Gasteiger partial charge in [-0.15, -0.1) is 0 Å². The van der Waals surface area contributed by atoms with Gasteiger partial charge in [-0.1, -0.05) is 0 Å². The first-order valence-electron chi connectivity index (χ1n) is 6.44. The molecular formula is C13H18FN3O2. The van der Waals surface area contributed by atoms with Crippen LogP contribution in [0.3, 0.4) is 0 Å². The number of rotatable bonds is 3. The van der Waals surface area contributed by atoms with E-state index in [9.17, 15) is 14.5 Å². The molecule has 1 aromatic rings. The summed E-state index contributed by atoms with van der Waals surface area (Å²) in [6.07, 6.45) is 3.58. The molecular weight excluding hydrogens is 249 g/mol. The maximum absolute atomic E-state index is 13.4. The number of aryl methyl sites for hydroxylation is 1. The van der Waals surface area contributed by atoms with Gasteiger partial charge in [0.05, 0.1) is 11.0 Å². The molecule has 0 atom stereocenters. The van der Waals surface area contributed by atoms with Crippen LogP contribution in [0, 0.1) is 22.9 Å². The predicted octanol–water partition coefficient (Wildman–Crippen LogP) is 2.72. The van der Waals surface area contributed by atoms with Gasteiger partial charge in [0.15, 0.2) is 0 Å². The molecule has 3 N–H and O–H groups in total. The summed E-state index contributed by atoms with van der Waals surface area (Å²) in [5, 5.41) is 14.1. The Hall–Kier alpha value is -1.69. The summed E-state index contributed by atoms with van der Waals surface area (Å²) in [6.45, 7) is 1.60. The zero-order valence-electron chi connectivity index (χ0n) is 10.9. The van der Waals surface area contributed by atoms with Gasteiger partial charge in [0, 0.05) is 12.1 Å². The molecule has 6 heteroatoms. The first-order valence-corrected chi connectivity index (χ1v) is 6.44. The van der Waals surface area contributed by atoms with E-state index in [0.717, 1.165) is 31.7 Å². The molecule has 1 aliphatic carbocycles. The number of halogens is 1. The van der Waals surface area contributed by atoms with Gasteiger partial charge in [0.25, 0.3) is 5.69 Å². The van der Waals surface area contributed by atoms with Gasteiger partial charge in [0.1, 0.15) is 11.5 Å². The molecule has 0 aliphatic heterocycles. The van der Waals surface area contributed by atoms with Crippen molar-refractivity contribution in [3.8, 4) is 0 Å². The molecule has 5 nitrogen and oxygen atoms in total. The maximum atomic E-state index is 13.4. The number of nitrogens with zero attached hydrogens (tertiary/aromatic N) is 1. The van der Waals surface area contributed by atoms with E-state index in [0.29, 0.717) is 11.3 Å². The Morgan fingerprint density at radius 3 is 2.58 bits per heavy atom. The average molecular weight is 267 g/mol. The first-order chi connectivity index (χ1) is 8.97. The molecule has 1 aromatic carbocycles. The zero-order valence-corrected chi connectivity index (χ0v) is 10.9. The van der Waals surface area contributed by atoms with Crippen LogP contribution in [-0.2, 0) is 0 Å². The lowest BCUT2D eigenvalue weighted by molar-refractivity contribution is -0.384. The summed E-state index contributed by atoms with van der Waals surface area (Å²) >= 11 is 0. The Bertz CT molecular complexity index is 485. The van der Waals surface area contributed by atoms with Crippen LogP contribution >= 0.6 is 0 Å². The van der Waals surface area contributed by atoms with Crippen molar-refractivity contribution in [2.75, 3.05) is 5.32 Å². The second kappa shape index (κ2) is 5.52. The summed E-state index contributed by atoms with van der Waals surface area (Å²) in [6, 6.07) is 2.88.